The summed E-state index contributed by atoms with van der Waals surface area (Å²) in [6.07, 6.45) is 1.65. The van der Waals surface area contributed by atoms with E-state index in [0.29, 0.717) is 25.3 Å². The molecule has 1 aromatic rings. The molecule has 1 aromatic carbocycles. The van der Waals surface area contributed by atoms with Gasteiger partial charge in [0, 0.05) is 38.2 Å². The molecule has 28 heavy (non-hydrogen) atoms. The predicted octanol–water partition coefficient (Wildman–Crippen LogP) is 3.00. The number of ether oxygens (including phenoxy) is 1. The van der Waals surface area contributed by atoms with E-state index in [1.54, 1.807) is 0 Å². The summed E-state index contributed by atoms with van der Waals surface area (Å²) in [7, 11) is 0. The van der Waals surface area contributed by atoms with Crippen LogP contribution in [0.4, 0.5) is 5.69 Å². The first-order valence-corrected chi connectivity index (χ1v) is 10.4. The number of benzene rings is 1. The first-order valence-electron chi connectivity index (χ1n) is 10.4. The van der Waals surface area contributed by atoms with E-state index in [1.165, 1.54) is 5.56 Å². The standard InChI is InChI=1S/C22H35N3O3/c1-17(2)19-5-7-20(8-6-19)24-22(27)16-18(3)15-21(26)23-9-4-10-25-11-13-28-14-12-25/h5-8,17-18H,4,9-16H2,1-3H3,(H,23,26)(H,24,27)/t18-/m0/s1. The van der Waals surface area contributed by atoms with Crippen LogP contribution in [0.15, 0.2) is 24.3 Å². The fourth-order valence-electron chi connectivity index (χ4n) is 3.30. The minimum atomic E-state index is -0.0510. The summed E-state index contributed by atoms with van der Waals surface area (Å²) in [4.78, 5) is 26.6. The van der Waals surface area contributed by atoms with Crippen LogP contribution < -0.4 is 10.6 Å². The molecule has 0 radical (unpaired) electrons. The number of amides is 2. The summed E-state index contributed by atoms with van der Waals surface area (Å²) in [6.45, 7) is 11.4. The zero-order valence-corrected chi connectivity index (χ0v) is 17.5. The van der Waals surface area contributed by atoms with Crippen LogP contribution in [-0.2, 0) is 14.3 Å². The van der Waals surface area contributed by atoms with Gasteiger partial charge in [-0.3, -0.25) is 14.5 Å². The van der Waals surface area contributed by atoms with Crippen molar-refractivity contribution in [3.8, 4) is 0 Å². The van der Waals surface area contributed by atoms with Gasteiger partial charge in [-0.25, -0.2) is 0 Å². The Morgan fingerprint density at radius 1 is 1.04 bits per heavy atom. The van der Waals surface area contributed by atoms with Crippen LogP contribution in [0.5, 0.6) is 0 Å². The van der Waals surface area contributed by atoms with Crippen molar-refractivity contribution < 1.29 is 14.3 Å². The molecule has 0 unspecified atom stereocenters. The van der Waals surface area contributed by atoms with Gasteiger partial charge < -0.3 is 15.4 Å². The molecule has 1 heterocycles. The molecule has 1 aliphatic rings. The van der Waals surface area contributed by atoms with Crippen LogP contribution in [0, 0.1) is 5.92 Å². The number of morpholine rings is 1. The van der Waals surface area contributed by atoms with Gasteiger partial charge in [-0.15, -0.1) is 0 Å². The quantitative estimate of drug-likeness (QED) is 0.604. The van der Waals surface area contributed by atoms with Crippen molar-refractivity contribution in [2.45, 2.75) is 46.0 Å². The molecule has 6 heteroatoms. The molecule has 6 nitrogen and oxygen atoms in total. The monoisotopic (exact) mass is 389 g/mol. The highest BCUT2D eigenvalue weighted by molar-refractivity contribution is 5.91. The lowest BCUT2D eigenvalue weighted by Gasteiger charge is -2.26. The third-order valence-electron chi connectivity index (χ3n) is 5.01. The number of carbonyl (C=O) groups is 2. The summed E-state index contributed by atoms with van der Waals surface area (Å²) < 4.78 is 5.33. The van der Waals surface area contributed by atoms with Crippen molar-refractivity contribution >= 4 is 17.5 Å². The number of hydrogen-bond donors (Lipinski definition) is 2. The van der Waals surface area contributed by atoms with Gasteiger partial charge in [-0.1, -0.05) is 32.9 Å². The Morgan fingerprint density at radius 3 is 2.32 bits per heavy atom. The molecule has 1 aliphatic heterocycles. The maximum absolute atomic E-state index is 12.2. The van der Waals surface area contributed by atoms with Crippen molar-refractivity contribution in [3.05, 3.63) is 29.8 Å². The summed E-state index contributed by atoms with van der Waals surface area (Å²) in [5.41, 5.74) is 2.05. The fourth-order valence-corrected chi connectivity index (χ4v) is 3.30. The van der Waals surface area contributed by atoms with Crippen molar-refractivity contribution in [1.82, 2.24) is 10.2 Å². The van der Waals surface area contributed by atoms with Crippen LogP contribution in [0.3, 0.4) is 0 Å². The normalized spacial score (nSPS) is 16.0. The van der Waals surface area contributed by atoms with Crippen LogP contribution in [-0.4, -0.2) is 56.1 Å². The van der Waals surface area contributed by atoms with Gasteiger partial charge in [0.25, 0.3) is 0 Å². The molecule has 0 spiro atoms. The Balaban J connectivity index is 1.60. The maximum atomic E-state index is 12.2. The highest BCUT2D eigenvalue weighted by Crippen LogP contribution is 2.18. The van der Waals surface area contributed by atoms with Gasteiger partial charge in [0.1, 0.15) is 0 Å². The van der Waals surface area contributed by atoms with Crippen molar-refractivity contribution in [3.63, 3.8) is 0 Å². The fraction of sp³-hybridized carbons (Fsp3) is 0.636. The smallest absolute Gasteiger partial charge is 0.224 e. The zero-order valence-electron chi connectivity index (χ0n) is 17.5. The number of anilines is 1. The zero-order chi connectivity index (χ0) is 20.4. The minimum Gasteiger partial charge on any atom is -0.379 e. The van der Waals surface area contributed by atoms with Gasteiger partial charge >= 0.3 is 0 Å². The first-order chi connectivity index (χ1) is 13.4. The van der Waals surface area contributed by atoms with E-state index in [0.717, 1.165) is 45.0 Å². The lowest BCUT2D eigenvalue weighted by Crippen LogP contribution is -2.38. The molecule has 156 valence electrons. The highest BCUT2D eigenvalue weighted by atomic mass is 16.5. The summed E-state index contributed by atoms with van der Waals surface area (Å²) in [5, 5.41) is 5.88. The number of nitrogens with one attached hydrogen (secondary N) is 2. The second kappa shape index (κ2) is 11.8. The SMILES string of the molecule is CC(C)c1ccc(NC(=O)C[C@@H](C)CC(=O)NCCCN2CCOCC2)cc1. The van der Waals surface area contributed by atoms with Gasteiger partial charge in [0.2, 0.25) is 11.8 Å². The van der Waals surface area contributed by atoms with Crippen molar-refractivity contribution in [1.29, 1.82) is 0 Å². The molecule has 2 rings (SSSR count). The van der Waals surface area contributed by atoms with Gasteiger partial charge in [0.05, 0.1) is 13.2 Å². The molecule has 2 amide bonds. The number of rotatable bonds is 10. The summed E-state index contributed by atoms with van der Waals surface area (Å²) >= 11 is 0. The van der Waals surface area contributed by atoms with Crippen LogP contribution in [0.2, 0.25) is 0 Å². The second-order valence-electron chi connectivity index (χ2n) is 8.00. The minimum absolute atomic E-state index is 0.00850. The summed E-state index contributed by atoms with van der Waals surface area (Å²) in [6, 6.07) is 7.93. The van der Waals surface area contributed by atoms with Gasteiger partial charge in [-0.2, -0.15) is 0 Å². The number of hydrogen-bond acceptors (Lipinski definition) is 4. The summed E-state index contributed by atoms with van der Waals surface area (Å²) in [5.74, 6) is 0.444. The van der Waals surface area contributed by atoms with Crippen LogP contribution in [0.1, 0.15) is 51.5 Å². The maximum Gasteiger partial charge on any atom is 0.224 e. The largest absolute Gasteiger partial charge is 0.379 e. The third kappa shape index (κ3) is 8.40. The Hall–Kier alpha value is -1.92. The molecule has 1 atom stereocenters. The highest BCUT2D eigenvalue weighted by Gasteiger charge is 2.14. The molecule has 2 N–H and O–H groups in total. The molecule has 0 aromatic heterocycles. The molecule has 0 bridgehead atoms. The van der Waals surface area contributed by atoms with Crippen LogP contribution in [0.25, 0.3) is 0 Å². The van der Waals surface area contributed by atoms with E-state index in [2.05, 4.69) is 29.4 Å². The average Bonchev–Trinajstić information content (AvgIpc) is 2.66. The Kier molecular flexibility index (Phi) is 9.44. The Labute approximate surface area is 169 Å². The van der Waals surface area contributed by atoms with Gasteiger partial charge in [-0.05, 0) is 42.5 Å². The molecular weight excluding hydrogens is 354 g/mol. The molecular formula is C22H35N3O3. The average molecular weight is 390 g/mol. The number of carbonyl (C=O) groups excluding carboxylic acids is 2. The van der Waals surface area contributed by atoms with Crippen molar-refractivity contribution in [2.24, 2.45) is 5.92 Å². The predicted molar refractivity (Wildman–Crippen MR) is 112 cm³/mol. The topological polar surface area (TPSA) is 70.7 Å². The van der Waals surface area contributed by atoms with E-state index in [9.17, 15) is 9.59 Å². The molecule has 1 saturated heterocycles. The molecule has 1 fully saturated rings. The van der Waals surface area contributed by atoms with Gasteiger partial charge in [0.15, 0.2) is 0 Å². The third-order valence-corrected chi connectivity index (χ3v) is 5.01. The second-order valence-corrected chi connectivity index (χ2v) is 8.00. The Bertz CT molecular complexity index is 610. The van der Waals surface area contributed by atoms with Crippen LogP contribution >= 0.6 is 0 Å². The van der Waals surface area contributed by atoms with E-state index in [4.69, 9.17) is 4.74 Å². The first kappa shape index (κ1) is 22.4. The van der Waals surface area contributed by atoms with E-state index in [-0.39, 0.29) is 17.7 Å². The Morgan fingerprint density at radius 2 is 1.68 bits per heavy atom. The lowest BCUT2D eigenvalue weighted by molar-refractivity contribution is -0.122. The lowest BCUT2D eigenvalue weighted by atomic mass is 10.0. The van der Waals surface area contributed by atoms with Crippen molar-refractivity contribution in [2.75, 3.05) is 44.7 Å². The molecule has 0 aliphatic carbocycles. The van der Waals surface area contributed by atoms with E-state index < -0.39 is 0 Å². The molecule has 0 saturated carbocycles. The number of nitrogens with zero attached hydrogens (tertiary/aromatic N) is 1. The van der Waals surface area contributed by atoms with E-state index >= 15 is 0 Å². The van der Waals surface area contributed by atoms with E-state index in [1.807, 2.05) is 31.2 Å².